The summed E-state index contributed by atoms with van der Waals surface area (Å²) in [5.41, 5.74) is 0.896. The maximum absolute atomic E-state index is 5.79. The predicted molar refractivity (Wildman–Crippen MR) is 59.9 cm³/mol. The van der Waals surface area contributed by atoms with Crippen molar-refractivity contribution >= 4 is 11.6 Å². The first kappa shape index (κ1) is 10.9. The van der Waals surface area contributed by atoms with Crippen LogP contribution in [0.25, 0.3) is 0 Å². The summed E-state index contributed by atoms with van der Waals surface area (Å²) in [4.78, 5) is 4.18. The molecule has 1 fully saturated rings. The van der Waals surface area contributed by atoms with E-state index in [-0.39, 0.29) is 0 Å². The Hall–Kier alpha value is -0.640. The number of hydrogen-bond donors (Lipinski definition) is 1. The zero-order chi connectivity index (χ0) is 10.5. The number of pyridine rings is 1. The Labute approximate surface area is 94.8 Å². The van der Waals surface area contributed by atoms with E-state index in [0.29, 0.717) is 17.9 Å². The zero-order valence-electron chi connectivity index (χ0n) is 8.58. The van der Waals surface area contributed by atoms with E-state index >= 15 is 0 Å². The van der Waals surface area contributed by atoms with E-state index in [9.17, 15) is 0 Å². The van der Waals surface area contributed by atoms with Crippen LogP contribution in [0.4, 0.5) is 0 Å². The molecule has 1 aliphatic rings. The highest BCUT2D eigenvalue weighted by atomic mass is 35.5. The fourth-order valence-corrected chi connectivity index (χ4v) is 1.88. The van der Waals surface area contributed by atoms with Crippen LogP contribution in [0.15, 0.2) is 18.2 Å². The lowest BCUT2D eigenvalue weighted by Gasteiger charge is -2.22. The second-order valence-electron chi connectivity index (χ2n) is 3.73. The molecular formula is C11H15ClN2O. The van der Waals surface area contributed by atoms with Crippen LogP contribution >= 0.6 is 11.6 Å². The number of rotatable bonds is 3. The summed E-state index contributed by atoms with van der Waals surface area (Å²) >= 11 is 5.79. The molecular weight excluding hydrogens is 212 g/mol. The number of nitrogens with zero attached hydrogens (tertiary/aromatic N) is 1. The molecule has 1 N–H and O–H groups in total. The molecule has 0 aliphatic carbocycles. The highest BCUT2D eigenvalue weighted by Crippen LogP contribution is 2.10. The van der Waals surface area contributed by atoms with E-state index in [1.54, 1.807) is 6.07 Å². The number of piperidine rings is 1. The van der Waals surface area contributed by atoms with Gasteiger partial charge in [0.05, 0.1) is 18.4 Å². The molecule has 4 heteroatoms. The van der Waals surface area contributed by atoms with Crippen LogP contribution in [-0.4, -0.2) is 24.2 Å². The van der Waals surface area contributed by atoms with Crippen molar-refractivity contribution in [3.05, 3.63) is 29.0 Å². The van der Waals surface area contributed by atoms with Gasteiger partial charge in [0, 0.05) is 6.54 Å². The first-order valence-corrected chi connectivity index (χ1v) is 5.66. The first-order valence-electron chi connectivity index (χ1n) is 5.28. The van der Waals surface area contributed by atoms with Gasteiger partial charge in [0.1, 0.15) is 5.15 Å². The van der Waals surface area contributed by atoms with Crippen LogP contribution in [0.5, 0.6) is 0 Å². The highest BCUT2D eigenvalue weighted by Gasteiger charge is 2.13. The van der Waals surface area contributed by atoms with Crippen molar-refractivity contribution < 1.29 is 4.74 Å². The van der Waals surface area contributed by atoms with Crippen molar-refractivity contribution in [2.45, 2.75) is 25.6 Å². The van der Waals surface area contributed by atoms with E-state index < -0.39 is 0 Å². The second kappa shape index (κ2) is 5.45. The maximum atomic E-state index is 5.79. The van der Waals surface area contributed by atoms with Gasteiger partial charge in [-0.15, -0.1) is 0 Å². The Balaban J connectivity index is 1.81. The van der Waals surface area contributed by atoms with E-state index in [0.717, 1.165) is 25.2 Å². The van der Waals surface area contributed by atoms with Gasteiger partial charge in [-0.1, -0.05) is 17.7 Å². The summed E-state index contributed by atoms with van der Waals surface area (Å²) in [6.45, 7) is 2.60. The standard InChI is InChI=1S/C11H15ClN2O/c12-11-5-1-3-9(14-11)8-15-10-4-2-6-13-7-10/h1,3,5,10,13H,2,4,6-8H2/t10-/m0/s1. The molecule has 82 valence electrons. The monoisotopic (exact) mass is 226 g/mol. The van der Waals surface area contributed by atoms with E-state index in [4.69, 9.17) is 16.3 Å². The third kappa shape index (κ3) is 3.45. The number of hydrogen-bond acceptors (Lipinski definition) is 3. The average Bonchev–Trinajstić information content (AvgIpc) is 2.28. The maximum Gasteiger partial charge on any atom is 0.129 e. The van der Waals surface area contributed by atoms with Crippen molar-refractivity contribution in [1.82, 2.24) is 10.3 Å². The summed E-state index contributed by atoms with van der Waals surface area (Å²) in [5.74, 6) is 0. The number of halogens is 1. The Kier molecular flexibility index (Phi) is 3.94. The smallest absolute Gasteiger partial charge is 0.129 e. The first-order chi connectivity index (χ1) is 7.34. The highest BCUT2D eigenvalue weighted by molar-refractivity contribution is 6.29. The van der Waals surface area contributed by atoms with Gasteiger partial charge in [0.2, 0.25) is 0 Å². The van der Waals surface area contributed by atoms with Crippen LogP contribution in [-0.2, 0) is 11.3 Å². The van der Waals surface area contributed by atoms with Gasteiger partial charge >= 0.3 is 0 Å². The Morgan fingerprint density at radius 1 is 1.53 bits per heavy atom. The number of nitrogens with one attached hydrogen (secondary N) is 1. The lowest BCUT2D eigenvalue weighted by atomic mass is 10.1. The third-order valence-corrected chi connectivity index (χ3v) is 2.70. The minimum atomic E-state index is 0.319. The van der Waals surface area contributed by atoms with Gasteiger partial charge in [-0.05, 0) is 31.5 Å². The van der Waals surface area contributed by atoms with E-state index in [1.807, 2.05) is 12.1 Å². The summed E-state index contributed by atoms with van der Waals surface area (Å²) in [6.07, 6.45) is 2.64. The molecule has 0 unspecified atom stereocenters. The fraction of sp³-hybridized carbons (Fsp3) is 0.545. The Morgan fingerprint density at radius 3 is 3.20 bits per heavy atom. The quantitative estimate of drug-likeness (QED) is 0.801. The molecule has 3 nitrogen and oxygen atoms in total. The molecule has 1 aromatic heterocycles. The molecule has 0 amide bonds. The molecule has 0 saturated carbocycles. The van der Waals surface area contributed by atoms with Crippen molar-refractivity contribution in [1.29, 1.82) is 0 Å². The Bertz CT molecular complexity index is 313. The minimum absolute atomic E-state index is 0.319. The van der Waals surface area contributed by atoms with Crippen molar-refractivity contribution in [2.24, 2.45) is 0 Å². The second-order valence-corrected chi connectivity index (χ2v) is 4.12. The van der Waals surface area contributed by atoms with Crippen LogP contribution in [0.3, 0.4) is 0 Å². The van der Waals surface area contributed by atoms with Gasteiger partial charge in [0.15, 0.2) is 0 Å². The van der Waals surface area contributed by atoms with Gasteiger partial charge in [0.25, 0.3) is 0 Å². The molecule has 1 atom stereocenters. The largest absolute Gasteiger partial charge is 0.371 e. The van der Waals surface area contributed by atoms with Crippen molar-refractivity contribution in [2.75, 3.05) is 13.1 Å². The van der Waals surface area contributed by atoms with Crippen molar-refractivity contribution in [3.63, 3.8) is 0 Å². The molecule has 2 heterocycles. The predicted octanol–water partition coefficient (Wildman–Crippen LogP) is 2.00. The molecule has 1 saturated heterocycles. The van der Waals surface area contributed by atoms with Crippen LogP contribution in [0, 0.1) is 0 Å². The lowest BCUT2D eigenvalue weighted by molar-refractivity contribution is 0.0236. The summed E-state index contributed by atoms with van der Waals surface area (Å²) in [7, 11) is 0. The normalized spacial score (nSPS) is 21.5. The molecule has 1 aliphatic heterocycles. The van der Waals surface area contributed by atoms with E-state index in [1.165, 1.54) is 6.42 Å². The summed E-state index contributed by atoms with van der Waals surface area (Å²) < 4.78 is 5.74. The molecule has 0 bridgehead atoms. The van der Waals surface area contributed by atoms with Gasteiger partial charge in [-0.3, -0.25) is 0 Å². The fourth-order valence-electron chi connectivity index (χ4n) is 1.70. The molecule has 0 aromatic carbocycles. The summed E-state index contributed by atoms with van der Waals surface area (Å²) in [6, 6.07) is 5.60. The van der Waals surface area contributed by atoms with Gasteiger partial charge in [-0.2, -0.15) is 0 Å². The van der Waals surface area contributed by atoms with Gasteiger partial charge in [-0.25, -0.2) is 4.98 Å². The number of ether oxygens (including phenoxy) is 1. The van der Waals surface area contributed by atoms with Crippen molar-refractivity contribution in [3.8, 4) is 0 Å². The SMILES string of the molecule is Clc1cccc(CO[C@H]2CCCNC2)n1. The van der Waals surface area contributed by atoms with Crippen LogP contribution in [0.2, 0.25) is 5.15 Å². The van der Waals surface area contributed by atoms with E-state index in [2.05, 4.69) is 10.3 Å². The van der Waals surface area contributed by atoms with Gasteiger partial charge < -0.3 is 10.1 Å². The molecule has 0 radical (unpaired) electrons. The minimum Gasteiger partial charge on any atom is -0.371 e. The molecule has 2 rings (SSSR count). The lowest BCUT2D eigenvalue weighted by Crippen LogP contribution is -2.35. The molecule has 1 aromatic rings. The number of aromatic nitrogens is 1. The topological polar surface area (TPSA) is 34.1 Å². The third-order valence-electron chi connectivity index (χ3n) is 2.49. The molecule has 15 heavy (non-hydrogen) atoms. The Morgan fingerprint density at radius 2 is 2.47 bits per heavy atom. The van der Waals surface area contributed by atoms with Crippen LogP contribution in [0.1, 0.15) is 18.5 Å². The summed E-state index contributed by atoms with van der Waals surface area (Å²) in [5, 5.41) is 3.84. The van der Waals surface area contributed by atoms with Crippen LogP contribution < -0.4 is 5.32 Å². The zero-order valence-corrected chi connectivity index (χ0v) is 9.33. The average molecular weight is 227 g/mol. The molecule has 0 spiro atoms.